The Kier molecular flexibility index (Phi) is 4.77. The molecule has 0 spiro atoms. The minimum Gasteiger partial charge on any atom is -0.400 e. The summed E-state index contributed by atoms with van der Waals surface area (Å²) in [5, 5.41) is 11.8. The average Bonchev–Trinajstić information content (AvgIpc) is 2.19. The fourth-order valence-corrected chi connectivity index (χ4v) is 5.02. The summed E-state index contributed by atoms with van der Waals surface area (Å²) in [5.74, 6) is 0. The summed E-state index contributed by atoms with van der Waals surface area (Å²) in [6.07, 6.45) is 1.34. The molecule has 0 radical (unpaired) electrons. The maximum atomic E-state index is 9.77. The van der Waals surface area contributed by atoms with E-state index in [1.807, 2.05) is 6.92 Å². The maximum absolute atomic E-state index is 9.77. The van der Waals surface area contributed by atoms with E-state index in [1.54, 1.807) is 0 Å². The molecule has 0 aromatic rings. The van der Waals surface area contributed by atoms with Crippen LogP contribution in [-0.2, 0) is 9.26 Å². The summed E-state index contributed by atoms with van der Waals surface area (Å²) in [4.78, 5) is 5.86. The highest BCUT2D eigenvalue weighted by Crippen LogP contribution is 2.46. The average molecular weight is 299 g/mol. The van der Waals surface area contributed by atoms with E-state index in [2.05, 4.69) is 58.5 Å². The molecule has 0 atom stereocenters. The molecule has 0 aromatic heterocycles. The molecule has 116 valence electrons. The van der Waals surface area contributed by atoms with E-state index in [1.165, 1.54) is 0 Å². The predicted octanol–water partition coefficient (Wildman–Crippen LogP) is 3.70. The Hall–Kier alpha value is -0.413. The summed E-state index contributed by atoms with van der Waals surface area (Å²) in [6.45, 7) is 17.6. The Bertz CT molecular complexity index is 376. The van der Waals surface area contributed by atoms with Crippen molar-refractivity contribution in [1.29, 1.82) is 5.26 Å². The molecule has 4 nitrogen and oxygen atoms in total. The topological polar surface area (TPSA) is 45.5 Å². The molecular weight excluding hydrogens is 268 g/mol. The van der Waals surface area contributed by atoms with Gasteiger partial charge in [-0.05, 0) is 54.3 Å². The van der Waals surface area contributed by atoms with E-state index in [-0.39, 0.29) is 11.1 Å². The van der Waals surface area contributed by atoms with Gasteiger partial charge in [-0.2, -0.15) is 10.3 Å². The molecule has 0 N–H and O–H groups in total. The van der Waals surface area contributed by atoms with Crippen molar-refractivity contribution in [3.05, 3.63) is 0 Å². The van der Waals surface area contributed by atoms with Crippen LogP contribution >= 0.6 is 0 Å². The first-order chi connectivity index (χ1) is 8.87. The highest BCUT2D eigenvalue weighted by atomic mass is 28.4. The van der Waals surface area contributed by atoms with E-state index in [9.17, 15) is 5.26 Å². The minimum absolute atomic E-state index is 0.229. The van der Waals surface area contributed by atoms with Crippen molar-refractivity contribution in [1.82, 2.24) is 5.06 Å². The fourth-order valence-electron chi connectivity index (χ4n) is 3.66. The van der Waals surface area contributed by atoms with Crippen molar-refractivity contribution in [2.75, 3.05) is 6.61 Å². The maximum Gasteiger partial charge on any atom is 0.185 e. The lowest BCUT2D eigenvalue weighted by molar-refractivity contribution is -0.295. The zero-order valence-electron chi connectivity index (χ0n) is 14.3. The van der Waals surface area contributed by atoms with E-state index < -0.39 is 13.9 Å². The molecule has 20 heavy (non-hydrogen) atoms. The van der Waals surface area contributed by atoms with Crippen LogP contribution in [0.3, 0.4) is 0 Å². The Morgan fingerprint density at radius 2 is 1.55 bits per heavy atom. The van der Waals surface area contributed by atoms with Gasteiger partial charge in [0.1, 0.15) is 5.60 Å². The largest absolute Gasteiger partial charge is 0.400 e. The van der Waals surface area contributed by atoms with Crippen LogP contribution in [0.25, 0.3) is 0 Å². The van der Waals surface area contributed by atoms with E-state index in [4.69, 9.17) is 9.26 Å². The van der Waals surface area contributed by atoms with E-state index >= 15 is 0 Å². The summed E-state index contributed by atoms with van der Waals surface area (Å²) < 4.78 is 6.31. The van der Waals surface area contributed by atoms with Crippen LogP contribution in [0, 0.1) is 11.3 Å². The van der Waals surface area contributed by atoms with E-state index in [0.717, 1.165) is 0 Å². The Labute approximate surface area is 125 Å². The summed E-state index contributed by atoms with van der Waals surface area (Å²) in [7, 11) is -1.79. The minimum atomic E-state index is -1.79. The van der Waals surface area contributed by atoms with Gasteiger partial charge in [-0.25, -0.2) is 0 Å². The van der Waals surface area contributed by atoms with Crippen LogP contribution in [-0.4, -0.2) is 36.7 Å². The number of hydrogen-bond acceptors (Lipinski definition) is 4. The summed E-state index contributed by atoms with van der Waals surface area (Å²) >= 11 is 0. The van der Waals surface area contributed by atoms with Gasteiger partial charge in [0, 0.05) is 23.9 Å². The quantitative estimate of drug-likeness (QED) is 0.742. The normalized spacial score (nSPS) is 25.1. The van der Waals surface area contributed by atoms with Crippen molar-refractivity contribution >= 4 is 8.32 Å². The molecular formula is C15H30N2O2Si. The van der Waals surface area contributed by atoms with Crippen molar-refractivity contribution < 1.29 is 9.26 Å². The van der Waals surface area contributed by atoms with Crippen molar-refractivity contribution in [2.24, 2.45) is 0 Å². The van der Waals surface area contributed by atoms with E-state index in [0.29, 0.717) is 19.4 Å². The van der Waals surface area contributed by atoms with Crippen LogP contribution in [0.2, 0.25) is 19.6 Å². The molecule has 5 heteroatoms. The number of hydrogen-bond donors (Lipinski definition) is 0. The first-order valence-electron chi connectivity index (χ1n) is 7.42. The molecule has 0 amide bonds. The number of hydroxylamine groups is 2. The summed E-state index contributed by atoms with van der Waals surface area (Å²) in [5.41, 5.74) is -1.16. The predicted molar refractivity (Wildman–Crippen MR) is 83.6 cm³/mol. The first kappa shape index (κ1) is 17.6. The molecule has 1 fully saturated rings. The Morgan fingerprint density at radius 3 is 1.85 bits per heavy atom. The lowest BCUT2D eigenvalue weighted by Crippen LogP contribution is -2.66. The van der Waals surface area contributed by atoms with Gasteiger partial charge >= 0.3 is 0 Å². The van der Waals surface area contributed by atoms with Crippen LogP contribution in [0.1, 0.15) is 47.5 Å². The van der Waals surface area contributed by atoms with Crippen LogP contribution < -0.4 is 0 Å². The second-order valence-corrected chi connectivity index (χ2v) is 12.4. The molecule has 1 aliphatic heterocycles. The lowest BCUT2D eigenvalue weighted by Gasteiger charge is -2.56. The summed E-state index contributed by atoms with van der Waals surface area (Å²) in [6, 6.07) is 2.48. The van der Waals surface area contributed by atoms with Gasteiger partial charge in [0.25, 0.3) is 0 Å². The highest BCUT2D eigenvalue weighted by Gasteiger charge is 2.55. The molecule has 0 saturated carbocycles. The van der Waals surface area contributed by atoms with Crippen molar-refractivity contribution in [3.63, 3.8) is 0 Å². The standard InChI is InChI=1S/C15H30N2O2Si/c1-9-18-17-13(2,3)10-15(12-16,11-14(17,4)5)19-20(6,7)8/h9-11H2,1-8H3. The number of rotatable bonds is 4. The molecule has 0 unspecified atom stereocenters. The number of nitriles is 1. The second kappa shape index (κ2) is 5.41. The zero-order chi connectivity index (χ0) is 15.8. The van der Waals surface area contributed by atoms with Crippen molar-refractivity contribution in [3.8, 4) is 6.07 Å². The molecule has 1 aliphatic rings. The zero-order valence-corrected chi connectivity index (χ0v) is 15.3. The second-order valence-electron chi connectivity index (χ2n) is 8.01. The molecule has 0 bridgehead atoms. The molecule has 1 heterocycles. The number of nitrogens with zero attached hydrogens (tertiary/aromatic N) is 2. The molecule has 0 aromatic carbocycles. The van der Waals surface area contributed by atoms with Crippen LogP contribution in [0.4, 0.5) is 0 Å². The third-order valence-electron chi connectivity index (χ3n) is 3.50. The smallest absolute Gasteiger partial charge is 0.185 e. The monoisotopic (exact) mass is 298 g/mol. The third kappa shape index (κ3) is 3.82. The Balaban J connectivity index is 3.15. The van der Waals surface area contributed by atoms with Gasteiger partial charge in [-0.1, -0.05) is 0 Å². The van der Waals surface area contributed by atoms with Crippen molar-refractivity contribution in [2.45, 2.75) is 83.8 Å². The SMILES string of the molecule is CCON1C(C)(C)CC(C#N)(O[Si](C)(C)C)CC1(C)C. The van der Waals surface area contributed by atoms with Gasteiger partial charge in [0.2, 0.25) is 0 Å². The fraction of sp³-hybridized carbons (Fsp3) is 0.933. The first-order valence-corrected chi connectivity index (χ1v) is 10.8. The van der Waals surface area contributed by atoms with Gasteiger partial charge in [-0.15, -0.1) is 0 Å². The third-order valence-corrected chi connectivity index (χ3v) is 4.50. The number of piperidine rings is 1. The molecule has 1 rings (SSSR count). The highest BCUT2D eigenvalue weighted by molar-refractivity contribution is 6.69. The van der Waals surface area contributed by atoms with Gasteiger partial charge in [0.05, 0.1) is 12.7 Å². The van der Waals surface area contributed by atoms with Gasteiger partial charge < -0.3 is 4.43 Å². The molecule has 1 saturated heterocycles. The van der Waals surface area contributed by atoms with Crippen LogP contribution in [0.5, 0.6) is 0 Å². The molecule has 0 aliphatic carbocycles. The van der Waals surface area contributed by atoms with Crippen LogP contribution in [0.15, 0.2) is 0 Å². The Morgan fingerprint density at radius 1 is 1.10 bits per heavy atom. The van der Waals surface area contributed by atoms with Gasteiger partial charge in [-0.3, -0.25) is 4.84 Å². The van der Waals surface area contributed by atoms with Gasteiger partial charge in [0.15, 0.2) is 8.32 Å². The lowest BCUT2D eigenvalue weighted by atomic mass is 9.73.